The van der Waals surface area contributed by atoms with Gasteiger partial charge in [0.25, 0.3) is 0 Å². The van der Waals surface area contributed by atoms with E-state index < -0.39 is 0 Å². The number of benzene rings is 4. The Hall–Kier alpha value is -3.53. The molecule has 120 valence electrons. The van der Waals surface area contributed by atoms with E-state index in [0.717, 1.165) is 22.1 Å². The van der Waals surface area contributed by atoms with Crippen LogP contribution in [0.4, 0.5) is 5.69 Å². The molecule has 25 heavy (non-hydrogen) atoms. The number of para-hydroxylation sites is 2. The van der Waals surface area contributed by atoms with Gasteiger partial charge in [-0.1, -0.05) is 54.6 Å². The highest BCUT2D eigenvalue weighted by Crippen LogP contribution is 2.27. The minimum absolute atomic E-state index is 0.181. The van der Waals surface area contributed by atoms with Crippen molar-refractivity contribution in [1.82, 2.24) is 9.66 Å². The molecule has 0 saturated carbocycles. The van der Waals surface area contributed by atoms with Crippen LogP contribution in [0, 0.1) is 0 Å². The summed E-state index contributed by atoms with van der Waals surface area (Å²) in [5.74, 6) is 0. The molecular weight excluding hydrogens is 310 g/mol. The van der Waals surface area contributed by atoms with Gasteiger partial charge >= 0.3 is 5.69 Å². The number of imidazole rings is 1. The molecule has 0 fully saturated rings. The summed E-state index contributed by atoms with van der Waals surface area (Å²) in [6, 6.07) is 26.4. The van der Waals surface area contributed by atoms with Crippen LogP contribution in [0.5, 0.6) is 0 Å². The van der Waals surface area contributed by atoms with Gasteiger partial charge in [-0.25, -0.2) is 9.47 Å². The highest BCUT2D eigenvalue weighted by Gasteiger charge is 2.07. The number of fused-ring (bicyclic) bond motifs is 4. The van der Waals surface area contributed by atoms with Crippen molar-refractivity contribution in [3.8, 4) is 0 Å². The first-order valence-corrected chi connectivity index (χ1v) is 8.18. The van der Waals surface area contributed by atoms with E-state index in [1.54, 1.807) is 4.68 Å². The van der Waals surface area contributed by atoms with Gasteiger partial charge in [0.05, 0.1) is 16.7 Å². The summed E-state index contributed by atoms with van der Waals surface area (Å²) in [6.07, 6.45) is 0. The predicted molar refractivity (Wildman–Crippen MR) is 103 cm³/mol. The van der Waals surface area contributed by atoms with E-state index in [1.165, 1.54) is 16.2 Å². The third kappa shape index (κ3) is 2.19. The summed E-state index contributed by atoms with van der Waals surface area (Å²) in [4.78, 5) is 15.1. The number of aromatic nitrogens is 2. The Morgan fingerprint density at radius 1 is 0.760 bits per heavy atom. The molecule has 1 heterocycles. The molecule has 0 spiro atoms. The van der Waals surface area contributed by atoms with Crippen molar-refractivity contribution < 1.29 is 0 Å². The van der Waals surface area contributed by atoms with Gasteiger partial charge in [0, 0.05) is 0 Å². The maximum Gasteiger partial charge on any atom is 0.345 e. The number of H-pyrrole nitrogens is 1. The second-order valence-corrected chi connectivity index (χ2v) is 6.12. The Bertz CT molecular complexity index is 1300. The molecule has 5 rings (SSSR count). The highest BCUT2D eigenvalue weighted by atomic mass is 16.2. The molecular formula is C21H15N3O. The molecule has 5 aromatic rings. The van der Waals surface area contributed by atoms with Crippen LogP contribution in [0.25, 0.3) is 32.6 Å². The molecule has 4 nitrogen and oxygen atoms in total. The number of aromatic amines is 1. The number of anilines is 1. The van der Waals surface area contributed by atoms with Gasteiger partial charge in [0.15, 0.2) is 0 Å². The van der Waals surface area contributed by atoms with Crippen molar-refractivity contribution in [3.63, 3.8) is 0 Å². The van der Waals surface area contributed by atoms with Crippen molar-refractivity contribution in [3.05, 3.63) is 89.3 Å². The number of hydrogen-bond acceptors (Lipinski definition) is 2. The molecule has 0 amide bonds. The van der Waals surface area contributed by atoms with Crippen molar-refractivity contribution >= 4 is 38.3 Å². The first-order chi connectivity index (χ1) is 12.3. The molecule has 0 aliphatic rings. The van der Waals surface area contributed by atoms with Crippen molar-refractivity contribution in [1.29, 1.82) is 0 Å². The van der Waals surface area contributed by atoms with Gasteiger partial charge in [0.2, 0.25) is 0 Å². The summed E-state index contributed by atoms with van der Waals surface area (Å²) < 4.78 is 1.54. The minimum atomic E-state index is -0.181. The minimum Gasteiger partial charge on any atom is -0.304 e. The second-order valence-electron chi connectivity index (χ2n) is 6.12. The van der Waals surface area contributed by atoms with Crippen LogP contribution in [0.3, 0.4) is 0 Å². The van der Waals surface area contributed by atoms with Crippen molar-refractivity contribution in [2.24, 2.45) is 0 Å². The molecule has 2 N–H and O–H groups in total. The quantitative estimate of drug-likeness (QED) is 0.469. The fourth-order valence-electron chi connectivity index (χ4n) is 3.37. The lowest BCUT2D eigenvalue weighted by Crippen LogP contribution is -2.23. The van der Waals surface area contributed by atoms with E-state index in [1.807, 2.05) is 42.5 Å². The van der Waals surface area contributed by atoms with Gasteiger partial charge in [-0.15, -0.1) is 0 Å². The summed E-state index contributed by atoms with van der Waals surface area (Å²) in [7, 11) is 0. The SMILES string of the molecule is O=c1[nH]c2ccccc2n1Nc1ccc2ccc3ccccc3c2c1. The lowest BCUT2D eigenvalue weighted by atomic mass is 10.0. The molecule has 0 aliphatic carbocycles. The third-order valence-electron chi connectivity index (χ3n) is 4.58. The first-order valence-electron chi connectivity index (χ1n) is 8.18. The van der Waals surface area contributed by atoms with Gasteiger partial charge in [-0.05, 0) is 45.8 Å². The van der Waals surface area contributed by atoms with Crippen LogP contribution in [-0.2, 0) is 0 Å². The standard InChI is InChI=1S/C21H15N3O/c25-21-22-19-7-3-4-8-20(19)24(21)23-16-12-11-15-10-9-14-5-1-2-6-17(14)18(15)13-16/h1-13,23H,(H,22,25). The van der Waals surface area contributed by atoms with E-state index in [2.05, 4.69) is 46.8 Å². The molecule has 4 aromatic carbocycles. The molecule has 0 unspecified atom stereocenters. The summed E-state index contributed by atoms with van der Waals surface area (Å²) >= 11 is 0. The molecule has 0 radical (unpaired) electrons. The molecule has 1 aromatic heterocycles. The monoisotopic (exact) mass is 325 g/mol. The first kappa shape index (κ1) is 13.9. The van der Waals surface area contributed by atoms with E-state index in [9.17, 15) is 4.79 Å². The maximum absolute atomic E-state index is 12.3. The van der Waals surface area contributed by atoms with Crippen molar-refractivity contribution in [2.45, 2.75) is 0 Å². The zero-order valence-electron chi connectivity index (χ0n) is 13.4. The number of rotatable bonds is 2. The number of hydrogen-bond donors (Lipinski definition) is 2. The number of nitrogens with zero attached hydrogens (tertiary/aromatic N) is 1. The Kier molecular flexibility index (Phi) is 2.91. The topological polar surface area (TPSA) is 49.8 Å². The molecule has 0 aliphatic heterocycles. The van der Waals surface area contributed by atoms with Gasteiger partial charge in [-0.3, -0.25) is 5.43 Å². The summed E-state index contributed by atoms with van der Waals surface area (Å²) in [5.41, 5.74) is 5.55. The maximum atomic E-state index is 12.3. The molecule has 0 saturated heterocycles. The predicted octanol–water partition coefficient (Wildman–Crippen LogP) is 4.51. The second kappa shape index (κ2) is 5.24. The molecule has 4 heteroatoms. The lowest BCUT2D eigenvalue weighted by molar-refractivity contribution is 0.930. The average molecular weight is 325 g/mol. The fourth-order valence-corrected chi connectivity index (χ4v) is 3.37. The Morgan fingerprint density at radius 2 is 1.48 bits per heavy atom. The molecule has 0 bridgehead atoms. The Morgan fingerprint density at radius 3 is 2.40 bits per heavy atom. The largest absolute Gasteiger partial charge is 0.345 e. The highest BCUT2D eigenvalue weighted by molar-refractivity contribution is 6.08. The van der Waals surface area contributed by atoms with Crippen molar-refractivity contribution in [2.75, 3.05) is 5.43 Å². The fraction of sp³-hybridized carbons (Fsp3) is 0. The van der Waals surface area contributed by atoms with E-state index in [4.69, 9.17) is 0 Å². The van der Waals surface area contributed by atoms with Gasteiger partial charge < -0.3 is 4.98 Å². The van der Waals surface area contributed by atoms with Crippen LogP contribution >= 0.6 is 0 Å². The molecule has 0 atom stereocenters. The zero-order chi connectivity index (χ0) is 16.8. The van der Waals surface area contributed by atoms with Gasteiger partial charge in [0.1, 0.15) is 0 Å². The third-order valence-corrected chi connectivity index (χ3v) is 4.58. The van der Waals surface area contributed by atoms with Crippen LogP contribution in [0.2, 0.25) is 0 Å². The van der Waals surface area contributed by atoms with Gasteiger partial charge in [-0.2, -0.15) is 0 Å². The van der Waals surface area contributed by atoms with E-state index in [-0.39, 0.29) is 5.69 Å². The smallest absolute Gasteiger partial charge is 0.304 e. The normalized spacial score (nSPS) is 11.4. The lowest BCUT2D eigenvalue weighted by Gasteiger charge is -2.10. The van der Waals surface area contributed by atoms with Crippen LogP contribution in [-0.4, -0.2) is 9.66 Å². The Labute approximate surface area is 143 Å². The average Bonchev–Trinajstić information content (AvgIpc) is 2.97. The summed E-state index contributed by atoms with van der Waals surface area (Å²) in [5, 5.41) is 4.75. The zero-order valence-corrected chi connectivity index (χ0v) is 13.4. The van der Waals surface area contributed by atoms with E-state index >= 15 is 0 Å². The Balaban J connectivity index is 1.69. The van der Waals surface area contributed by atoms with E-state index in [0.29, 0.717) is 0 Å². The number of nitrogens with one attached hydrogen (secondary N) is 2. The summed E-state index contributed by atoms with van der Waals surface area (Å²) in [6.45, 7) is 0. The van der Waals surface area contributed by atoms with Crippen LogP contribution < -0.4 is 11.1 Å². The van der Waals surface area contributed by atoms with Crippen LogP contribution in [0.15, 0.2) is 83.7 Å². The van der Waals surface area contributed by atoms with Crippen LogP contribution in [0.1, 0.15) is 0 Å².